The number of carbonyl (C=O) groups is 1. The Labute approximate surface area is 125 Å². The Morgan fingerprint density at radius 2 is 2.33 bits per heavy atom. The number of nitrogens with zero attached hydrogens (tertiary/aromatic N) is 4. The number of nitrogens with two attached hydrogens (primary N) is 1. The van der Waals surface area contributed by atoms with Crippen molar-refractivity contribution in [2.75, 3.05) is 0 Å². The standard InChI is InChI=1S/C12H16N6O2S/c13-14-11(19)9-5-6-20-10(9)7-21-12-15-16-17-18(12)8-3-1-2-4-8/h5-6,8H,1-4,7,13H2,(H,14,19). The van der Waals surface area contributed by atoms with Crippen LogP contribution in [0.3, 0.4) is 0 Å². The number of amides is 1. The lowest BCUT2D eigenvalue weighted by Crippen LogP contribution is -2.30. The number of tetrazole rings is 1. The summed E-state index contributed by atoms with van der Waals surface area (Å²) in [5.41, 5.74) is 2.54. The molecular formula is C12H16N6O2S. The Hall–Kier alpha value is -1.87. The first-order valence-electron chi connectivity index (χ1n) is 6.77. The lowest BCUT2D eigenvalue weighted by molar-refractivity contribution is 0.0952. The van der Waals surface area contributed by atoms with E-state index in [0.717, 1.165) is 18.0 Å². The van der Waals surface area contributed by atoms with Gasteiger partial charge in [0.25, 0.3) is 5.91 Å². The lowest BCUT2D eigenvalue weighted by Gasteiger charge is -2.10. The van der Waals surface area contributed by atoms with Crippen molar-refractivity contribution >= 4 is 17.7 Å². The van der Waals surface area contributed by atoms with Crippen molar-refractivity contribution in [1.29, 1.82) is 0 Å². The van der Waals surface area contributed by atoms with E-state index in [0.29, 0.717) is 23.1 Å². The second-order valence-corrected chi connectivity index (χ2v) is 5.81. The van der Waals surface area contributed by atoms with Crippen molar-refractivity contribution in [3.8, 4) is 0 Å². The van der Waals surface area contributed by atoms with Gasteiger partial charge in [0, 0.05) is 0 Å². The molecule has 3 N–H and O–H groups in total. The molecule has 2 aromatic heterocycles. The normalized spacial score (nSPS) is 15.5. The lowest BCUT2D eigenvalue weighted by atomic mass is 10.2. The molecule has 0 saturated heterocycles. The van der Waals surface area contributed by atoms with Crippen LogP contribution >= 0.6 is 11.8 Å². The first-order valence-corrected chi connectivity index (χ1v) is 7.76. The highest BCUT2D eigenvalue weighted by atomic mass is 32.2. The molecule has 1 aliphatic rings. The first-order chi connectivity index (χ1) is 10.3. The molecule has 1 fully saturated rings. The summed E-state index contributed by atoms with van der Waals surface area (Å²) in [6, 6.07) is 1.98. The largest absolute Gasteiger partial charge is 0.468 e. The summed E-state index contributed by atoms with van der Waals surface area (Å²) in [6.45, 7) is 0. The fourth-order valence-corrected chi connectivity index (χ4v) is 3.42. The number of carbonyl (C=O) groups excluding carboxylic acids is 1. The van der Waals surface area contributed by atoms with Gasteiger partial charge in [0.15, 0.2) is 0 Å². The van der Waals surface area contributed by atoms with Gasteiger partial charge in [-0.25, -0.2) is 10.5 Å². The third-order valence-corrected chi connectivity index (χ3v) is 4.52. The van der Waals surface area contributed by atoms with Crippen LogP contribution in [0.25, 0.3) is 0 Å². The van der Waals surface area contributed by atoms with E-state index in [2.05, 4.69) is 21.0 Å². The number of thioether (sulfide) groups is 1. The molecule has 0 spiro atoms. The summed E-state index contributed by atoms with van der Waals surface area (Å²) in [5, 5.41) is 12.6. The maximum absolute atomic E-state index is 11.6. The van der Waals surface area contributed by atoms with Crippen molar-refractivity contribution in [2.24, 2.45) is 5.84 Å². The number of hydrogen-bond acceptors (Lipinski definition) is 7. The van der Waals surface area contributed by atoms with Gasteiger partial charge < -0.3 is 4.42 Å². The molecule has 112 valence electrons. The predicted molar refractivity (Wildman–Crippen MR) is 75.2 cm³/mol. The minimum Gasteiger partial charge on any atom is -0.468 e. The molecule has 0 bridgehead atoms. The average Bonchev–Trinajstić information content (AvgIpc) is 3.22. The van der Waals surface area contributed by atoms with Crippen LogP contribution in [0.15, 0.2) is 21.9 Å². The zero-order valence-corrected chi connectivity index (χ0v) is 12.2. The number of nitrogen functional groups attached to an aromatic ring is 1. The molecule has 0 atom stereocenters. The highest BCUT2D eigenvalue weighted by Crippen LogP contribution is 2.32. The highest BCUT2D eigenvalue weighted by Gasteiger charge is 2.22. The van der Waals surface area contributed by atoms with Crippen LogP contribution in [0.2, 0.25) is 0 Å². The molecule has 1 aliphatic carbocycles. The van der Waals surface area contributed by atoms with E-state index in [1.54, 1.807) is 6.07 Å². The molecule has 9 heteroatoms. The number of aromatic nitrogens is 4. The van der Waals surface area contributed by atoms with Gasteiger partial charge in [-0.05, 0) is 29.3 Å². The second kappa shape index (κ2) is 6.27. The third kappa shape index (κ3) is 2.93. The van der Waals surface area contributed by atoms with Crippen LogP contribution in [0.1, 0.15) is 47.8 Å². The Balaban J connectivity index is 1.70. The minimum atomic E-state index is -0.366. The van der Waals surface area contributed by atoms with Crippen LogP contribution in [0.4, 0.5) is 0 Å². The highest BCUT2D eigenvalue weighted by molar-refractivity contribution is 7.98. The average molecular weight is 308 g/mol. The maximum Gasteiger partial charge on any atom is 0.268 e. The van der Waals surface area contributed by atoms with E-state index in [9.17, 15) is 4.79 Å². The van der Waals surface area contributed by atoms with Crippen LogP contribution in [0.5, 0.6) is 0 Å². The van der Waals surface area contributed by atoms with Gasteiger partial charge in [-0.2, -0.15) is 0 Å². The van der Waals surface area contributed by atoms with Crippen molar-refractivity contribution in [3.05, 3.63) is 23.7 Å². The number of furan rings is 1. The minimum absolute atomic E-state index is 0.366. The Morgan fingerprint density at radius 1 is 1.52 bits per heavy atom. The Kier molecular flexibility index (Phi) is 4.20. The summed E-state index contributed by atoms with van der Waals surface area (Å²) >= 11 is 1.45. The van der Waals surface area contributed by atoms with E-state index in [4.69, 9.17) is 10.3 Å². The van der Waals surface area contributed by atoms with E-state index >= 15 is 0 Å². The molecule has 21 heavy (non-hydrogen) atoms. The van der Waals surface area contributed by atoms with Gasteiger partial charge in [0.1, 0.15) is 5.76 Å². The monoisotopic (exact) mass is 308 g/mol. The molecule has 8 nitrogen and oxygen atoms in total. The topological polar surface area (TPSA) is 112 Å². The number of rotatable bonds is 5. The van der Waals surface area contributed by atoms with Crippen LogP contribution in [-0.4, -0.2) is 26.1 Å². The number of hydrogen-bond donors (Lipinski definition) is 2. The van der Waals surface area contributed by atoms with Crippen molar-refractivity contribution in [2.45, 2.75) is 42.6 Å². The summed E-state index contributed by atoms with van der Waals surface area (Å²) in [7, 11) is 0. The maximum atomic E-state index is 11.6. The van der Waals surface area contributed by atoms with Crippen LogP contribution in [-0.2, 0) is 5.75 Å². The van der Waals surface area contributed by atoms with E-state index in [-0.39, 0.29) is 5.91 Å². The molecule has 0 radical (unpaired) electrons. The fraction of sp³-hybridized carbons (Fsp3) is 0.500. The van der Waals surface area contributed by atoms with Gasteiger partial charge in [0.2, 0.25) is 5.16 Å². The summed E-state index contributed by atoms with van der Waals surface area (Å²) in [5.74, 6) is 5.81. The zero-order valence-electron chi connectivity index (χ0n) is 11.4. The predicted octanol–water partition coefficient (Wildman–Crippen LogP) is 1.28. The van der Waals surface area contributed by atoms with E-state index in [1.807, 2.05) is 4.68 Å². The SMILES string of the molecule is NNC(=O)c1ccoc1CSc1nnnn1C1CCCC1. The van der Waals surface area contributed by atoms with Crippen molar-refractivity contribution in [3.63, 3.8) is 0 Å². The third-order valence-electron chi connectivity index (χ3n) is 3.59. The summed E-state index contributed by atoms with van der Waals surface area (Å²) in [6.07, 6.45) is 6.13. The van der Waals surface area contributed by atoms with Gasteiger partial charge >= 0.3 is 0 Å². The molecular weight excluding hydrogens is 292 g/mol. The van der Waals surface area contributed by atoms with Gasteiger partial charge in [-0.1, -0.05) is 24.6 Å². The Bertz CT molecular complexity index is 619. The zero-order chi connectivity index (χ0) is 14.7. The molecule has 2 aromatic rings. The molecule has 1 saturated carbocycles. The quantitative estimate of drug-likeness (QED) is 0.370. The molecule has 2 heterocycles. The molecule has 0 aromatic carbocycles. The molecule has 0 unspecified atom stereocenters. The molecule has 0 aliphatic heterocycles. The van der Waals surface area contributed by atoms with Gasteiger partial charge in [-0.3, -0.25) is 10.2 Å². The smallest absolute Gasteiger partial charge is 0.268 e. The van der Waals surface area contributed by atoms with E-state index in [1.165, 1.54) is 30.9 Å². The molecule has 3 rings (SSSR count). The number of hydrazine groups is 1. The van der Waals surface area contributed by atoms with Crippen molar-refractivity contribution in [1.82, 2.24) is 25.6 Å². The van der Waals surface area contributed by atoms with Crippen molar-refractivity contribution < 1.29 is 9.21 Å². The fourth-order valence-electron chi connectivity index (χ4n) is 2.52. The first kappa shape index (κ1) is 14.1. The van der Waals surface area contributed by atoms with E-state index < -0.39 is 0 Å². The Morgan fingerprint density at radius 3 is 3.10 bits per heavy atom. The second-order valence-electron chi connectivity index (χ2n) is 4.86. The summed E-state index contributed by atoms with van der Waals surface area (Å²) < 4.78 is 7.21. The van der Waals surface area contributed by atoms with Crippen LogP contribution < -0.4 is 11.3 Å². The summed E-state index contributed by atoms with van der Waals surface area (Å²) in [4.78, 5) is 11.6. The van der Waals surface area contributed by atoms with Gasteiger partial charge in [0.05, 0.1) is 23.6 Å². The van der Waals surface area contributed by atoms with Crippen LogP contribution in [0, 0.1) is 0 Å². The van der Waals surface area contributed by atoms with Gasteiger partial charge in [-0.15, -0.1) is 5.10 Å². The number of nitrogens with one attached hydrogen (secondary N) is 1. The molecule has 1 amide bonds.